The summed E-state index contributed by atoms with van der Waals surface area (Å²) in [5, 5.41) is 0. The molecule has 2 unspecified atom stereocenters. The van der Waals surface area contributed by atoms with Gasteiger partial charge in [0.25, 0.3) is 0 Å². The third kappa shape index (κ3) is 3.44. The standard InChI is InChI=1S/C17H27BrS/c1-16(2,3)14-10-9-13(19-14)15(18)12-8-6-7-11-17(12,4)5/h9-10,12,15H,6-8,11H2,1-5H3. The third-order valence-corrected chi connectivity index (χ3v) is 7.61. The second-order valence-electron chi connectivity index (χ2n) is 7.69. The van der Waals surface area contributed by atoms with Crippen LogP contribution in [0.5, 0.6) is 0 Å². The number of alkyl halides is 1. The van der Waals surface area contributed by atoms with Gasteiger partial charge in [0.1, 0.15) is 0 Å². The van der Waals surface area contributed by atoms with Gasteiger partial charge < -0.3 is 0 Å². The van der Waals surface area contributed by atoms with E-state index >= 15 is 0 Å². The minimum Gasteiger partial charge on any atom is -0.144 e. The SMILES string of the molecule is CC(C)(C)c1ccc(C(Br)C2CCCCC2(C)C)s1. The number of hydrogen-bond acceptors (Lipinski definition) is 1. The van der Waals surface area contributed by atoms with Crippen molar-refractivity contribution in [3.63, 3.8) is 0 Å². The van der Waals surface area contributed by atoms with Crippen molar-refractivity contribution in [3.8, 4) is 0 Å². The normalized spacial score (nSPS) is 25.3. The zero-order valence-electron chi connectivity index (χ0n) is 12.9. The Hall–Kier alpha value is 0.180. The van der Waals surface area contributed by atoms with E-state index in [4.69, 9.17) is 0 Å². The molecule has 19 heavy (non-hydrogen) atoms. The van der Waals surface area contributed by atoms with Crippen molar-refractivity contribution in [2.75, 3.05) is 0 Å². The van der Waals surface area contributed by atoms with E-state index in [1.54, 1.807) is 0 Å². The molecule has 0 aliphatic heterocycles. The van der Waals surface area contributed by atoms with Crippen molar-refractivity contribution in [2.24, 2.45) is 11.3 Å². The van der Waals surface area contributed by atoms with Crippen LogP contribution in [0.2, 0.25) is 0 Å². The van der Waals surface area contributed by atoms with Gasteiger partial charge in [-0.3, -0.25) is 0 Å². The number of thiophene rings is 1. The van der Waals surface area contributed by atoms with E-state index in [0.717, 1.165) is 5.92 Å². The Morgan fingerprint density at radius 3 is 2.47 bits per heavy atom. The van der Waals surface area contributed by atoms with E-state index < -0.39 is 0 Å². The third-order valence-electron chi connectivity index (χ3n) is 4.58. The molecule has 108 valence electrons. The zero-order chi connectivity index (χ0) is 14.3. The second kappa shape index (κ2) is 5.52. The highest BCUT2D eigenvalue weighted by Gasteiger charge is 2.37. The minimum atomic E-state index is 0.276. The first-order chi connectivity index (χ1) is 8.72. The predicted octanol–water partition coefficient (Wildman–Crippen LogP) is 6.70. The van der Waals surface area contributed by atoms with Crippen LogP contribution in [0.4, 0.5) is 0 Å². The highest BCUT2D eigenvalue weighted by atomic mass is 79.9. The molecule has 0 nitrogen and oxygen atoms in total. The Labute approximate surface area is 131 Å². The average molecular weight is 343 g/mol. The summed E-state index contributed by atoms with van der Waals surface area (Å²) in [7, 11) is 0. The fraction of sp³-hybridized carbons (Fsp3) is 0.765. The van der Waals surface area contributed by atoms with Crippen LogP contribution in [0, 0.1) is 11.3 Å². The Morgan fingerprint density at radius 1 is 1.26 bits per heavy atom. The molecule has 0 saturated heterocycles. The van der Waals surface area contributed by atoms with Gasteiger partial charge >= 0.3 is 0 Å². The summed E-state index contributed by atoms with van der Waals surface area (Å²) in [6.07, 6.45) is 5.54. The molecule has 2 heteroatoms. The summed E-state index contributed by atoms with van der Waals surface area (Å²) < 4.78 is 0. The molecular formula is C17H27BrS. The molecule has 1 fully saturated rings. The minimum absolute atomic E-state index is 0.276. The Morgan fingerprint density at radius 2 is 1.95 bits per heavy atom. The molecule has 0 aromatic carbocycles. The van der Waals surface area contributed by atoms with E-state index in [1.807, 2.05) is 11.3 Å². The lowest BCUT2D eigenvalue weighted by molar-refractivity contribution is 0.137. The molecular weight excluding hydrogens is 316 g/mol. The van der Waals surface area contributed by atoms with Crippen LogP contribution < -0.4 is 0 Å². The summed E-state index contributed by atoms with van der Waals surface area (Å²) in [6.45, 7) is 11.8. The van der Waals surface area contributed by atoms with Crippen LogP contribution >= 0.6 is 27.3 Å². The van der Waals surface area contributed by atoms with Gasteiger partial charge in [-0.25, -0.2) is 0 Å². The molecule has 0 bridgehead atoms. The van der Waals surface area contributed by atoms with Crippen molar-refractivity contribution >= 4 is 27.3 Å². The molecule has 0 amide bonds. The van der Waals surface area contributed by atoms with E-state index in [9.17, 15) is 0 Å². The molecule has 2 atom stereocenters. The quantitative estimate of drug-likeness (QED) is 0.524. The molecule has 1 heterocycles. The summed E-state index contributed by atoms with van der Waals surface area (Å²) >= 11 is 6.01. The van der Waals surface area contributed by atoms with Gasteiger partial charge in [-0.1, -0.05) is 63.4 Å². The van der Waals surface area contributed by atoms with Crippen LogP contribution in [-0.2, 0) is 5.41 Å². The van der Waals surface area contributed by atoms with Crippen molar-refractivity contribution < 1.29 is 0 Å². The fourth-order valence-corrected chi connectivity index (χ4v) is 5.69. The summed E-state index contributed by atoms with van der Waals surface area (Å²) in [6, 6.07) is 4.67. The number of hydrogen-bond donors (Lipinski definition) is 0. The maximum Gasteiger partial charge on any atom is 0.0522 e. The van der Waals surface area contributed by atoms with Gasteiger partial charge in [-0.2, -0.15) is 0 Å². The first-order valence-electron chi connectivity index (χ1n) is 7.46. The predicted molar refractivity (Wildman–Crippen MR) is 90.4 cm³/mol. The highest BCUT2D eigenvalue weighted by Crippen LogP contribution is 2.51. The molecule has 0 radical (unpaired) electrons. The van der Waals surface area contributed by atoms with Gasteiger partial charge in [-0.05, 0) is 41.7 Å². The number of rotatable bonds is 2. The van der Waals surface area contributed by atoms with Gasteiger partial charge in [0.15, 0.2) is 0 Å². The van der Waals surface area contributed by atoms with E-state index in [2.05, 4.69) is 62.7 Å². The van der Waals surface area contributed by atoms with Crippen LogP contribution in [0.15, 0.2) is 12.1 Å². The summed E-state index contributed by atoms with van der Waals surface area (Å²) in [4.78, 5) is 3.55. The molecule has 1 aliphatic rings. The number of halogens is 1. The lowest BCUT2D eigenvalue weighted by Gasteiger charge is -2.41. The average Bonchev–Trinajstić information content (AvgIpc) is 2.76. The van der Waals surface area contributed by atoms with Crippen molar-refractivity contribution in [1.82, 2.24) is 0 Å². The first-order valence-corrected chi connectivity index (χ1v) is 9.19. The smallest absolute Gasteiger partial charge is 0.0522 e. The monoisotopic (exact) mass is 342 g/mol. The van der Waals surface area contributed by atoms with E-state index in [-0.39, 0.29) is 5.41 Å². The summed E-state index contributed by atoms with van der Waals surface area (Å²) in [5.74, 6) is 0.771. The van der Waals surface area contributed by atoms with Gasteiger partial charge in [0, 0.05) is 9.75 Å². The lowest BCUT2D eigenvalue weighted by Crippen LogP contribution is -2.30. The molecule has 1 aliphatic carbocycles. The Balaban J connectivity index is 2.19. The largest absolute Gasteiger partial charge is 0.144 e. The molecule has 1 aromatic heterocycles. The van der Waals surface area contributed by atoms with E-state index in [0.29, 0.717) is 10.2 Å². The van der Waals surface area contributed by atoms with Crippen LogP contribution in [-0.4, -0.2) is 0 Å². The van der Waals surface area contributed by atoms with E-state index in [1.165, 1.54) is 35.4 Å². The topological polar surface area (TPSA) is 0 Å². The second-order valence-corrected chi connectivity index (χ2v) is 9.80. The van der Waals surface area contributed by atoms with Gasteiger partial charge in [0.2, 0.25) is 0 Å². The van der Waals surface area contributed by atoms with Crippen LogP contribution in [0.1, 0.15) is 74.9 Å². The van der Waals surface area contributed by atoms with Crippen molar-refractivity contribution in [1.29, 1.82) is 0 Å². The Bertz CT molecular complexity index is 425. The van der Waals surface area contributed by atoms with Crippen LogP contribution in [0.3, 0.4) is 0 Å². The molecule has 2 rings (SSSR count). The molecule has 1 aromatic rings. The summed E-state index contributed by atoms with van der Waals surface area (Å²) in [5.41, 5.74) is 0.746. The first kappa shape index (κ1) is 15.6. The zero-order valence-corrected chi connectivity index (χ0v) is 15.3. The molecule has 1 saturated carbocycles. The molecule has 0 spiro atoms. The van der Waals surface area contributed by atoms with Crippen molar-refractivity contribution in [3.05, 3.63) is 21.9 Å². The van der Waals surface area contributed by atoms with Crippen molar-refractivity contribution in [2.45, 2.75) is 70.5 Å². The Kier molecular flexibility index (Phi) is 4.52. The molecule has 0 N–H and O–H groups in total. The maximum absolute atomic E-state index is 4.01. The van der Waals surface area contributed by atoms with Gasteiger partial charge in [0.05, 0.1) is 4.83 Å². The highest BCUT2D eigenvalue weighted by molar-refractivity contribution is 9.09. The maximum atomic E-state index is 4.01. The van der Waals surface area contributed by atoms with Crippen LogP contribution in [0.25, 0.3) is 0 Å². The van der Waals surface area contributed by atoms with Gasteiger partial charge in [-0.15, -0.1) is 11.3 Å². The lowest BCUT2D eigenvalue weighted by atomic mass is 9.67. The fourth-order valence-electron chi connectivity index (χ4n) is 3.17.